The van der Waals surface area contributed by atoms with Crippen molar-refractivity contribution in [1.29, 1.82) is 0 Å². The highest BCUT2D eigenvalue weighted by Gasteiger charge is 2.40. The van der Waals surface area contributed by atoms with E-state index in [-0.39, 0.29) is 73.3 Å². The Balaban J connectivity index is 0.644. The molecule has 5 aromatic rings. The third-order valence-electron chi connectivity index (χ3n) is 11.6. The summed E-state index contributed by atoms with van der Waals surface area (Å²) < 4.78 is 52.0. The van der Waals surface area contributed by atoms with Gasteiger partial charge in [-0.2, -0.15) is 0 Å². The van der Waals surface area contributed by atoms with Crippen LogP contribution in [-0.4, -0.2) is 129 Å². The van der Waals surface area contributed by atoms with Crippen molar-refractivity contribution in [2.45, 2.75) is 32.0 Å². The SMILES string of the molecule is O=C1CCC(N2Cc3c(NC(=O)CNCCOCCOCCOCCOCCNC(=O)c4ccc(Nc5ncc6c(n5)-c5ccc(Cl)cc5C(c5c(F)cccc5F)=NC6)cc4)cccc3C2=O)C(=O)N1. The van der Waals surface area contributed by atoms with Crippen molar-refractivity contribution in [1.82, 2.24) is 30.8 Å². The number of anilines is 3. The van der Waals surface area contributed by atoms with Gasteiger partial charge < -0.3 is 45.1 Å². The van der Waals surface area contributed by atoms with Crippen molar-refractivity contribution in [2.24, 2.45) is 4.99 Å². The number of imide groups is 1. The monoisotopic (exact) mass is 993 g/mol. The highest BCUT2D eigenvalue weighted by molar-refractivity contribution is 6.31. The summed E-state index contributed by atoms with van der Waals surface area (Å²) in [7, 11) is 0. The second-order valence-electron chi connectivity index (χ2n) is 16.4. The Hall–Kier alpha value is -7.07. The number of nitrogens with one attached hydrogen (secondary N) is 5. The summed E-state index contributed by atoms with van der Waals surface area (Å²) in [6, 6.07) is 19.8. The lowest BCUT2D eigenvalue weighted by molar-refractivity contribution is -0.137. The van der Waals surface area contributed by atoms with E-state index in [2.05, 4.69) is 36.6 Å². The predicted molar refractivity (Wildman–Crippen MR) is 257 cm³/mol. The Kier molecular flexibility index (Phi) is 17.1. The number of ether oxygens (including phenoxy) is 4. The van der Waals surface area contributed by atoms with Crippen LogP contribution < -0.4 is 26.6 Å². The fourth-order valence-electron chi connectivity index (χ4n) is 8.10. The molecule has 4 aromatic carbocycles. The first-order valence-corrected chi connectivity index (χ1v) is 23.3. The van der Waals surface area contributed by atoms with Gasteiger partial charge in [-0.05, 0) is 67.1 Å². The molecule has 370 valence electrons. The zero-order valence-corrected chi connectivity index (χ0v) is 39.1. The molecule has 1 atom stereocenters. The summed E-state index contributed by atoms with van der Waals surface area (Å²) in [5.74, 6) is -2.95. The van der Waals surface area contributed by atoms with E-state index in [1.165, 1.54) is 23.1 Å². The molecule has 0 aliphatic carbocycles. The van der Waals surface area contributed by atoms with Crippen LogP contribution in [0, 0.1) is 11.6 Å². The second-order valence-corrected chi connectivity index (χ2v) is 16.8. The van der Waals surface area contributed by atoms with Crippen LogP contribution in [0.25, 0.3) is 11.3 Å². The Morgan fingerprint density at radius 1 is 0.803 bits per heavy atom. The lowest BCUT2D eigenvalue weighted by Crippen LogP contribution is -2.52. The maximum atomic E-state index is 14.9. The van der Waals surface area contributed by atoms with Gasteiger partial charge in [0.15, 0.2) is 0 Å². The molecule has 21 heteroatoms. The molecule has 5 N–H and O–H groups in total. The zero-order valence-electron chi connectivity index (χ0n) is 38.4. The van der Waals surface area contributed by atoms with Crippen LogP contribution in [0.2, 0.25) is 5.02 Å². The lowest BCUT2D eigenvalue weighted by atomic mass is 9.95. The number of carbonyl (C=O) groups excluding carboxylic acids is 5. The number of benzene rings is 4. The third kappa shape index (κ3) is 12.8. The highest BCUT2D eigenvalue weighted by atomic mass is 35.5. The van der Waals surface area contributed by atoms with Crippen LogP contribution in [0.5, 0.6) is 0 Å². The number of aliphatic imine (C=N–C) groups is 1. The maximum Gasteiger partial charge on any atom is 0.255 e. The van der Waals surface area contributed by atoms with Crippen molar-refractivity contribution in [2.75, 3.05) is 83.1 Å². The van der Waals surface area contributed by atoms with Crippen LogP contribution in [0.4, 0.5) is 26.1 Å². The number of hydrogen-bond donors (Lipinski definition) is 5. The van der Waals surface area contributed by atoms with Crippen LogP contribution in [0.1, 0.15) is 55.8 Å². The van der Waals surface area contributed by atoms with Gasteiger partial charge >= 0.3 is 0 Å². The Labute approximate surface area is 411 Å². The molecular formula is C50H50ClF2N9O9. The number of piperidine rings is 1. The molecule has 1 fully saturated rings. The van der Waals surface area contributed by atoms with Gasteiger partial charge in [-0.1, -0.05) is 29.8 Å². The number of rotatable bonds is 23. The first kappa shape index (κ1) is 50.3. The van der Waals surface area contributed by atoms with Crippen molar-refractivity contribution >= 4 is 64.2 Å². The van der Waals surface area contributed by atoms with Gasteiger partial charge in [0.05, 0.1) is 82.9 Å². The number of amides is 5. The topological polar surface area (TPSA) is 224 Å². The average Bonchev–Trinajstić information content (AvgIpc) is 3.61. The number of aromatic nitrogens is 2. The van der Waals surface area contributed by atoms with Gasteiger partial charge in [0, 0.05) is 82.0 Å². The largest absolute Gasteiger partial charge is 0.378 e. The van der Waals surface area contributed by atoms with E-state index in [9.17, 15) is 32.8 Å². The summed E-state index contributed by atoms with van der Waals surface area (Å²) in [4.78, 5) is 77.6. The van der Waals surface area contributed by atoms with E-state index >= 15 is 0 Å². The van der Waals surface area contributed by atoms with Gasteiger partial charge in [0.25, 0.3) is 11.8 Å². The van der Waals surface area contributed by atoms with E-state index in [0.29, 0.717) is 121 Å². The van der Waals surface area contributed by atoms with E-state index in [1.54, 1.807) is 66.9 Å². The molecule has 8 rings (SSSR count). The third-order valence-corrected chi connectivity index (χ3v) is 11.8. The molecule has 18 nitrogen and oxygen atoms in total. The van der Waals surface area contributed by atoms with E-state index in [1.807, 2.05) is 0 Å². The second kappa shape index (κ2) is 24.2. The average molecular weight is 994 g/mol. The summed E-state index contributed by atoms with van der Waals surface area (Å²) >= 11 is 6.34. The quantitative estimate of drug-likeness (QED) is 0.0432. The lowest BCUT2D eigenvalue weighted by Gasteiger charge is -2.29. The molecule has 1 unspecified atom stereocenters. The molecule has 71 heavy (non-hydrogen) atoms. The van der Waals surface area contributed by atoms with Crippen LogP contribution in [-0.2, 0) is 46.4 Å². The summed E-state index contributed by atoms with van der Waals surface area (Å²) in [5, 5.41) is 14.5. The molecule has 0 saturated carbocycles. The first-order valence-electron chi connectivity index (χ1n) is 22.9. The molecule has 1 saturated heterocycles. The fourth-order valence-corrected chi connectivity index (χ4v) is 8.27. The molecule has 4 heterocycles. The predicted octanol–water partition coefficient (Wildman–Crippen LogP) is 4.96. The normalized spacial score (nSPS) is 15.0. The molecule has 1 aromatic heterocycles. The van der Waals surface area contributed by atoms with Gasteiger partial charge in [-0.15, -0.1) is 0 Å². The number of halogens is 3. The molecule has 0 bridgehead atoms. The van der Waals surface area contributed by atoms with E-state index in [0.717, 1.165) is 0 Å². The molecular weight excluding hydrogens is 944 g/mol. The van der Waals surface area contributed by atoms with Gasteiger partial charge in [0.2, 0.25) is 23.7 Å². The minimum absolute atomic E-state index is 0.0240. The van der Waals surface area contributed by atoms with Crippen molar-refractivity contribution in [3.63, 3.8) is 0 Å². The molecule has 3 aliphatic heterocycles. The summed E-state index contributed by atoms with van der Waals surface area (Å²) in [6.45, 7) is 3.79. The van der Waals surface area contributed by atoms with Crippen molar-refractivity contribution in [3.05, 3.63) is 135 Å². The minimum Gasteiger partial charge on any atom is -0.378 e. The van der Waals surface area contributed by atoms with Gasteiger partial charge in [0.1, 0.15) is 17.7 Å². The molecule has 0 spiro atoms. The fraction of sp³-hybridized carbons (Fsp3) is 0.320. The van der Waals surface area contributed by atoms with Gasteiger partial charge in [-0.3, -0.25) is 34.3 Å². The molecule has 5 amide bonds. The standard InChI is InChI=1S/C50H50ClF2N9O9/c51-32-9-12-34-36(25-32)46(44-38(52)4-2-5-39(44)53)56-26-31-27-57-50(61-45(31)34)58-33-10-7-30(8-11-33)47(65)55-16-18-69-20-22-71-24-23-70-21-19-68-17-15-54-28-43(64)59-40-6-1-3-35-37(40)29-62(49(35)67)41-13-14-42(63)60-48(41)66/h1-12,25,27,41,54H,13-24,26,28-29H2,(H,55,65)(H,59,64)(H,57,58,61)(H,60,63,66). The zero-order chi connectivity index (χ0) is 49.7. The number of fused-ring (bicyclic) bond motifs is 4. The van der Waals surface area contributed by atoms with Crippen molar-refractivity contribution in [3.8, 4) is 11.3 Å². The van der Waals surface area contributed by atoms with E-state index < -0.39 is 23.6 Å². The summed E-state index contributed by atoms with van der Waals surface area (Å²) in [5.41, 5.74) is 4.72. The summed E-state index contributed by atoms with van der Waals surface area (Å²) in [6.07, 6.45) is 2.03. The van der Waals surface area contributed by atoms with Crippen LogP contribution in [0.3, 0.4) is 0 Å². The molecule has 3 aliphatic rings. The Morgan fingerprint density at radius 2 is 1.49 bits per heavy atom. The maximum absolute atomic E-state index is 14.9. The van der Waals surface area contributed by atoms with Crippen LogP contribution >= 0.6 is 11.6 Å². The minimum atomic E-state index is -0.742. The Morgan fingerprint density at radius 3 is 2.21 bits per heavy atom. The van der Waals surface area contributed by atoms with E-state index in [4.69, 9.17) is 35.5 Å². The number of nitrogens with zero attached hydrogens (tertiary/aromatic N) is 4. The Bertz CT molecular complexity index is 2800. The smallest absolute Gasteiger partial charge is 0.255 e. The van der Waals surface area contributed by atoms with Crippen molar-refractivity contribution < 1.29 is 51.7 Å². The van der Waals surface area contributed by atoms with Crippen LogP contribution in [0.15, 0.2) is 90.1 Å². The number of hydrogen-bond acceptors (Lipinski definition) is 14. The number of carbonyl (C=O) groups is 5. The highest BCUT2D eigenvalue weighted by Crippen LogP contribution is 2.35. The van der Waals surface area contributed by atoms with Gasteiger partial charge in [-0.25, -0.2) is 18.7 Å². The molecule has 0 radical (unpaired) electrons. The first-order chi connectivity index (χ1) is 34.5.